The Balaban J connectivity index is 2.31. The van der Waals surface area contributed by atoms with Crippen LogP contribution in [-0.4, -0.2) is 19.7 Å². The number of hydrogen-bond donors (Lipinski definition) is 1. The Bertz CT molecular complexity index is 632. The first kappa shape index (κ1) is 14.4. The molecule has 108 valence electrons. The number of nitrogens with zero attached hydrogens (tertiary/aromatic N) is 4. The van der Waals surface area contributed by atoms with E-state index in [2.05, 4.69) is 15.4 Å². The molecule has 2 rings (SSSR count). The van der Waals surface area contributed by atoms with Crippen molar-refractivity contribution in [2.24, 2.45) is 0 Å². The number of rotatable bonds is 5. The first-order chi connectivity index (χ1) is 9.40. The van der Waals surface area contributed by atoms with Gasteiger partial charge < -0.3 is 5.32 Å². The van der Waals surface area contributed by atoms with E-state index in [9.17, 15) is 10.1 Å². The molecule has 20 heavy (non-hydrogen) atoms. The zero-order chi connectivity index (χ0) is 14.9. The third kappa shape index (κ3) is 2.79. The monoisotopic (exact) mass is 295 g/mol. The van der Waals surface area contributed by atoms with E-state index in [1.807, 2.05) is 20.8 Å². The maximum atomic E-state index is 11.2. The minimum Gasteiger partial charge on any atom is -0.360 e. The normalized spacial score (nSPS) is 11.1. The standard InChI is InChI=1S/C12H17N5O2S/c1-7(2)16-12(11(17(18)19)8(3)15-16)14-6-10-5-13-9(4)20-10/h5,7,14H,6H2,1-4H3. The third-order valence-electron chi connectivity index (χ3n) is 2.82. The van der Waals surface area contributed by atoms with E-state index >= 15 is 0 Å². The molecule has 0 spiro atoms. The fourth-order valence-electron chi connectivity index (χ4n) is 1.95. The average Bonchev–Trinajstić information content (AvgIpc) is 2.90. The summed E-state index contributed by atoms with van der Waals surface area (Å²) in [5, 5.41) is 19.5. The van der Waals surface area contributed by atoms with Crippen molar-refractivity contribution in [2.75, 3.05) is 5.32 Å². The van der Waals surface area contributed by atoms with Crippen molar-refractivity contribution in [3.8, 4) is 0 Å². The molecule has 2 aromatic rings. The highest BCUT2D eigenvalue weighted by atomic mass is 32.1. The van der Waals surface area contributed by atoms with Gasteiger partial charge in [-0.3, -0.25) is 10.1 Å². The molecule has 0 saturated heterocycles. The Hall–Kier alpha value is -1.96. The van der Waals surface area contributed by atoms with Crippen molar-refractivity contribution in [1.82, 2.24) is 14.8 Å². The lowest BCUT2D eigenvalue weighted by Crippen LogP contribution is -2.10. The summed E-state index contributed by atoms with van der Waals surface area (Å²) < 4.78 is 1.65. The van der Waals surface area contributed by atoms with Gasteiger partial charge in [0, 0.05) is 17.1 Å². The first-order valence-electron chi connectivity index (χ1n) is 6.28. The Labute approximate surface area is 120 Å². The minimum absolute atomic E-state index is 0.0416. The molecule has 8 heteroatoms. The number of aromatic nitrogens is 3. The highest BCUT2D eigenvalue weighted by Crippen LogP contribution is 2.31. The molecule has 1 N–H and O–H groups in total. The summed E-state index contributed by atoms with van der Waals surface area (Å²) in [7, 11) is 0. The molecule has 0 aliphatic heterocycles. The van der Waals surface area contributed by atoms with Gasteiger partial charge in [-0.2, -0.15) is 5.10 Å². The lowest BCUT2D eigenvalue weighted by Gasteiger charge is -2.11. The lowest BCUT2D eigenvalue weighted by molar-refractivity contribution is -0.384. The number of thiazole rings is 1. The second kappa shape index (κ2) is 5.58. The van der Waals surface area contributed by atoms with E-state index in [0.717, 1.165) is 9.88 Å². The van der Waals surface area contributed by atoms with E-state index < -0.39 is 0 Å². The van der Waals surface area contributed by atoms with E-state index in [1.54, 1.807) is 29.1 Å². The Morgan fingerprint density at radius 1 is 1.50 bits per heavy atom. The quantitative estimate of drug-likeness (QED) is 0.676. The maximum absolute atomic E-state index is 11.2. The van der Waals surface area contributed by atoms with Crippen LogP contribution in [0, 0.1) is 24.0 Å². The summed E-state index contributed by atoms with van der Waals surface area (Å²) in [6.07, 6.45) is 1.78. The number of nitrogens with one attached hydrogen (secondary N) is 1. The van der Waals surface area contributed by atoms with Crippen LogP contribution < -0.4 is 5.32 Å². The van der Waals surface area contributed by atoms with Crippen LogP contribution in [0.25, 0.3) is 0 Å². The molecule has 7 nitrogen and oxygen atoms in total. The highest BCUT2D eigenvalue weighted by Gasteiger charge is 2.26. The van der Waals surface area contributed by atoms with Gasteiger partial charge in [0.2, 0.25) is 5.82 Å². The van der Waals surface area contributed by atoms with Gasteiger partial charge in [0.1, 0.15) is 5.69 Å². The second-order valence-corrected chi connectivity index (χ2v) is 6.10. The van der Waals surface area contributed by atoms with E-state index in [1.165, 1.54) is 0 Å². The fraction of sp³-hybridized carbons (Fsp3) is 0.500. The molecule has 0 saturated carbocycles. The molecule has 0 aromatic carbocycles. The van der Waals surface area contributed by atoms with Crippen molar-refractivity contribution in [3.05, 3.63) is 31.9 Å². The second-order valence-electron chi connectivity index (χ2n) is 4.78. The van der Waals surface area contributed by atoms with Crippen molar-refractivity contribution in [1.29, 1.82) is 0 Å². The first-order valence-corrected chi connectivity index (χ1v) is 7.10. The zero-order valence-electron chi connectivity index (χ0n) is 11.9. The molecule has 2 aromatic heterocycles. The van der Waals surface area contributed by atoms with Crippen LogP contribution in [0.15, 0.2) is 6.20 Å². The third-order valence-corrected chi connectivity index (χ3v) is 3.74. The molecule has 0 aliphatic rings. The maximum Gasteiger partial charge on any atom is 0.333 e. The molecule has 0 bridgehead atoms. The predicted octanol–water partition coefficient (Wildman–Crippen LogP) is 3.06. The highest BCUT2D eigenvalue weighted by molar-refractivity contribution is 7.11. The van der Waals surface area contributed by atoms with Gasteiger partial charge >= 0.3 is 5.69 Å². The van der Waals surface area contributed by atoms with Gasteiger partial charge in [0.05, 0.1) is 16.5 Å². The molecular weight excluding hydrogens is 278 g/mol. The molecule has 0 aliphatic carbocycles. The Kier molecular flexibility index (Phi) is 4.03. The van der Waals surface area contributed by atoms with Crippen LogP contribution >= 0.6 is 11.3 Å². The van der Waals surface area contributed by atoms with Gasteiger partial charge in [0.25, 0.3) is 0 Å². The SMILES string of the molecule is Cc1ncc(CNc2c([N+](=O)[O-])c(C)nn2C(C)C)s1. The van der Waals surface area contributed by atoms with Crippen LogP contribution in [0.1, 0.15) is 35.5 Å². The summed E-state index contributed by atoms with van der Waals surface area (Å²) in [4.78, 5) is 16.0. The van der Waals surface area contributed by atoms with Gasteiger partial charge in [-0.25, -0.2) is 9.67 Å². The zero-order valence-corrected chi connectivity index (χ0v) is 12.7. The van der Waals surface area contributed by atoms with Crippen molar-refractivity contribution in [3.63, 3.8) is 0 Å². The molecule has 2 heterocycles. The molecule has 0 unspecified atom stereocenters. The molecule has 0 fully saturated rings. The van der Waals surface area contributed by atoms with Crippen LogP contribution in [-0.2, 0) is 6.54 Å². The van der Waals surface area contributed by atoms with E-state index in [4.69, 9.17) is 0 Å². The Morgan fingerprint density at radius 2 is 2.20 bits per heavy atom. The van der Waals surface area contributed by atoms with Crippen LogP contribution in [0.5, 0.6) is 0 Å². The summed E-state index contributed by atoms with van der Waals surface area (Å²) >= 11 is 1.57. The molecule has 0 amide bonds. The van der Waals surface area contributed by atoms with Crippen molar-refractivity contribution < 1.29 is 4.92 Å². The topological polar surface area (TPSA) is 85.9 Å². The van der Waals surface area contributed by atoms with Crippen molar-refractivity contribution >= 4 is 22.8 Å². The number of anilines is 1. The summed E-state index contributed by atoms with van der Waals surface area (Å²) in [6.45, 7) is 7.97. The minimum atomic E-state index is -0.387. The Morgan fingerprint density at radius 3 is 2.70 bits per heavy atom. The average molecular weight is 295 g/mol. The molecule has 0 radical (unpaired) electrons. The summed E-state index contributed by atoms with van der Waals surface area (Å²) in [6, 6.07) is 0.0492. The number of hydrogen-bond acceptors (Lipinski definition) is 6. The van der Waals surface area contributed by atoms with E-state index in [0.29, 0.717) is 18.1 Å². The van der Waals surface area contributed by atoms with E-state index in [-0.39, 0.29) is 16.7 Å². The summed E-state index contributed by atoms with van der Waals surface area (Å²) in [5.41, 5.74) is 0.464. The molecular formula is C12H17N5O2S. The van der Waals surface area contributed by atoms with Gasteiger partial charge in [-0.15, -0.1) is 11.3 Å². The summed E-state index contributed by atoms with van der Waals surface area (Å²) in [5.74, 6) is 0.452. The van der Waals surface area contributed by atoms with Gasteiger partial charge in [-0.1, -0.05) is 0 Å². The lowest BCUT2D eigenvalue weighted by atomic mass is 10.3. The van der Waals surface area contributed by atoms with Crippen LogP contribution in [0.3, 0.4) is 0 Å². The fourth-order valence-corrected chi connectivity index (χ4v) is 2.69. The van der Waals surface area contributed by atoms with Crippen LogP contribution in [0.4, 0.5) is 11.5 Å². The van der Waals surface area contributed by atoms with Gasteiger partial charge in [0.15, 0.2) is 0 Å². The molecule has 0 atom stereocenters. The number of aryl methyl sites for hydroxylation is 2. The number of nitro groups is 1. The van der Waals surface area contributed by atoms with Crippen LogP contribution in [0.2, 0.25) is 0 Å². The van der Waals surface area contributed by atoms with Crippen molar-refractivity contribution in [2.45, 2.75) is 40.3 Å². The predicted molar refractivity (Wildman–Crippen MR) is 78.2 cm³/mol. The largest absolute Gasteiger partial charge is 0.360 e. The smallest absolute Gasteiger partial charge is 0.333 e. The van der Waals surface area contributed by atoms with Gasteiger partial charge in [-0.05, 0) is 27.7 Å².